The number of sulfonamides is 1. The van der Waals surface area contributed by atoms with Crippen LogP contribution in [0.5, 0.6) is 0 Å². The number of esters is 1. The van der Waals surface area contributed by atoms with Crippen LogP contribution in [0.25, 0.3) is 0 Å². The molecule has 2 rings (SSSR count). The summed E-state index contributed by atoms with van der Waals surface area (Å²) in [5, 5.41) is 2.71. The number of anilines is 1. The highest BCUT2D eigenvalue weighted by Crippen LogP contribution is 2.20. The van der Waals surface area contributed by atoms with Gasteiger partial charge in [-0.1, -0.05) is 29.8 Å². The van der Waals surface area contributed by atoms with Gasteiger partial charge in [-0.25, -0.2) is 17.9 Å². The summed E-state index contributed by atoms with van der Waals surface area (Å²) in [6, 6.07) is 10.8. The van der Waals surface area contributed by atoms with Gasteiger partial charge in [-0.3, -0.25) is 4.79 Å². The first kappa shape index (κ1) is 19.9. The van der Waals surface area contributed by atoms with E-state index in [1.54, 1.807) is 31.2 Å². The van der Waals surface area contributed by atoms with Crippen molar-refractivity contribution in [3.8, 4) is 0 Å². The van der Waals surface area contributed by atoms with Crippen LogP contribution in [-0.2, 0) is 19.6 Å². The zero-order valence-corrected chi connectivity index (χ0v) is 15.6. The standard InChI is InChI=1S/C17H17ClN2O5S/c1-11-7-8-12(9-15(11)26(23,24)19-2)20-16(21)10-25-17(22)13-5-3-4-6-14(13)18/h3-9,19H,10H2,1-2H3,(H,20,21). The van der Waals surface area contributed by atoms with E-state index in [0.29, 0.717) is 5.56 Å². The molecule has 2 aromatic rings. The minimum atomic E-state index is -3.66. The quantitative estimate of drug-likeness (QED) is 0.730. The molecule has 0 aliphatic heterocycles. The first-order valence-corrected chi connectivity index (χ1v) is 9.36. The summed E-state index contributed by atoms with van der Waals surface area (Å²) >= 11 is 5.89. The van der Waals surface area contributed by atoms with Crippen molar-refractivity contribution in [1.82, 2.24) is 4.72 Å². The number of carbonyl (C=O) groups excluding carboxylic acids is 2. The highest BCUT2D eigenvalue weighted by Gasteiger charge is 2.17. The molecule has 2 aromatic carbocycles. The SMILES string of the molecule is CNS(=O)(=O)c1cc(NC(=O)COC(=O)c2ccccc2Cl)ccc1C. The van der Waals surface area contributed by atoms with Gasteiger partial charge in [0.25, 0.3) is 5.91 Å². The molecule has 0 fully saturated rings. The van der Waals surface area contributed by atoms with Gasteiger partial charge in [-0.05, 0) is 43.8 Å². The average Bonchev–Trinajstić information content (AvgIpc) is 2.61. The molecule has 2 N–H and O–H groups in total. The van der Waals surface area contributed by atoms with E-state index in [1.165, 1.54) is 25.2 Å². The largest absolute Gasteiger partial charge is 0.452 e. The van der Waals surface area contributed by atoms with Gasteiger partial charge in [0.1, 0.15) is 0 Å². The van der Waals surface area contributed by atoms with Crippen LogP contribution in [0, 0.1) is 6.92 Å². The van der Waals surface area contributed by atoms with E-state index in [9.17, 15) is 18.0 Å². The highest BCUT2D eigenvalue weighted by atomic mass is 35.5. The molecule has 138 valence electrons. The Morgan fingerprint density at radius 3 is 2.50 bits per heavy atom. The normalized spacial score (nSPS) is 11.0. The molecule has 0 heterocycles. The van der Waals surface area contributed by atoms with E-state index in [4.69, 9.17) is 16.3 Å². The number of ether oxygens (including phenoxy) is 1. The summed E-state index contributed by atoms with van der Waals surface area (Å²) < 4.78 is 31.1. The Morgan fingerprint density at radius 2 is 1.85 bits per heavy atom. The molecule has 0 saturated carbocycles. The van der Waals surface area contributed by atoms with E-state index >= 15 is 0 Å². The molecule has 9 heteroatoms. The van der Waals surface area contributed by atoms with E-state index in [2.05, 4.69) is 10.0 Å². The Hall–Kier alpha value is -2.42. The monoisotopic (exact) mass is 396 g/mol. The van der Waals surface area contributed by atoms with Crippen LogP contribution >= 0.6 is 11.6 Å². The molecule has 0 aromatic heterocycles. The van der Waals surface area contributed by atoms with Crippen molar-refractivity contribution in [1.29, 1.82) is 0 Å². The van der Waals surface area contributed by atoms with Gasteiger partial charge >= 0.3 is 5.97 Å². The number of amides is 1. The van der Waals surface area contributed by atoms with Gasteiger partial charge in [0.05, 0.1) is 15.5 Å². The van der Waals surface area contributed by atoms with Crippen molar-refractivity contribution in [2.24, 2.45) is 0 Å². The van der Waals surface area contributed by atoms with Gasteiger partial charge in [0.15, 0.2) is 6.61 Å². The molecule has 0 aliphatic carbocycles. The van der Waals surface area contributed by atoms with E-state index in [-0.39, 0.29) is 21.2 Å². The maximum atomic E-state index is 12.0. The Labute approximate surface area is 156 Å². The maximum Gasteiger partial charge on any atom is 0.340 e. The molecule has 0 saturated heterocycles. The van der Waals surface area contributed by atoms with E-state index < -0.39 is 28.5 Å². The third kappa shape index (κ3) is 4.81. The first-order valence-electron chi connectivity index (χ1n) is 7.50. The topological polar surface area (TPSA) is 102 Å². The zero-order valence-electron chi connectivity index (χ0n) is 14.1. The van der Waals surface area contributed by atoms with E-state index in [0.717, 1.165) is 0 Å². The van der Waals surface area contributed by atoms with Crippen LogP contribution in [0.3, 0.4) is 0 Å². The van der Waals surface area contributed by atoms with Gasteiger partial charge in [0.2, 0.25) is 10.0 Å². The van der Waals surface area contributed by atoms with Crippen molar-refractivity contribution in [3.05, 3.63) is 58.6 Å². The van der Waals surface area contributed by atoms with Gasteiger partial charge < -0.3 is 10.1 Å². The third-order valence-electron chi connectivity index (χ3n) is 3.46. The Balaban J connectivity index is 2.03. The zero-order chi connectivity index (χ0) is 19.3. The smallest absolute Gasteiger partial charge is 0.340 e. The Kier molecular flexibility index (Phi) is 6.36. The summed E-state index contributed by atoms with van der Waals surface area (Å²) in [6.07, 6.45) is 0. The van der Waals surface area contributed by atoms with Gasteiger partial charge in [0, 0.05) is 5.69 Å². The minimum absolute atomic E-state index is 0.0471. The summed E-state index contributed by atoms with van der Waals surface area (Å²) in [6.45, 7) is 1.10. The predicted molar refractivity (Wildman–Crippen MR) is 97.8 cm³/mol. The fourth-order valence-electron chi connectivity index (χ4n) is 2.11. The number of hydrogen-bond donors (Lipinski definition) is 2. The van der Waals surface area contributed by atoms with Crippen LogP contribution in [0.1, 0.15) is 15.9 Å². The number of benzene rings is 2. The summed E-state index contributed by atoms with van der Waals surface area (Å²) in [7, 11) is -2.36. The number of nitrogens with one attached hydrogen (secondary N) is 2. The lowest BCUT2D eigenvalue weighted by molar-refractivity contribution is -0.119. The summed E-state index contributed by atoms with van der Waals surface area (Å²) in [5.41, 5.74) is 0.949. The van der Waals surface area contributed by atoms with Gasteiger partial charge in [-0.2, -0.15) is 0 Å². The average molecular weight is 397 g/mol. The van der Waals surface area contributed by atoms with Crippen molar-refractivity contribution in [2.45, 2.75) is 11.8 Å². The van der Waals surface area contributed by atoms with E-state index in [1.807, 2.05) is 0 Å². The molecular weight excluding hydrogens is 380 g/mol. The second-order valence-corrected chi connectivity index (χ2v) is 7.55. The summed E-state index contributed by atoms with van der Waals surface area (Å²) in [5.74, 6) is -1.34. The second kappa shape index (κ2) is 8.31. The fourth-order valence-corrected chi connectivity index (χ4v) is 3.32. The molecule has 0 bridgehead atoms. The molecule has 0 radical (unpaired) electrons. The molecule has 1 amide bonds. The maximum absolute atomic E-state index is 12.0. The minimum Gasteiger partial charge on any atom is -0.452 e. The van der Waals surface area contributed by atoms with Crippen molar-refractivity contribution in [2.75, 3.05) is 19.0 Å². The van der Waals surface area contributed by atoms with Crippen LogP contribution in [-0.4, -0.2) is 33.9 Å². The highest BCUT2D eigenvalue weighted by molar-refractivity contribution is 7.89. The molecule has 26 heavy (non-hydrogen) atoms. The lowest BCUT2D eigenvalue weighted by Crippen LogP contribution is -2.22. The van der Waals surface area contributed by atoms with Crippen molar-refractivity contribution in [3.63, 3.8) is 0 Å². The Morgan fingerprint density at radius 1 is 1.15 bits per heavy atom. The lowest BCUT2D eigenvalue weighted by Gasteiger charge is -2.11. The number of halogens is 1. The molecule has 0 aliphatic rings. The van der Waals surface area contributed by atoms with Gasteiger partial charge in [-0.15, -0.1) is 0 Å². The van der Waals surface area contributed by atoms with Crippen molar-refractivity contribution >= 4 is 39.2 Å². The van der Waals surface area contributed by atoms with Crippen LogP contribution in [0.4, 0.5) is 5.69 Å². The van der Waals surface area contributed by atoms with Crippen LogP contribution < -0.4 is 10.0 Å². The molecular formula is C17H17ClN2O5S. The summed E-state index contributed by atoms with van der Waals surface area (Å²) in [4.78, 5) is 23.9. The fraction of sp³-hybridized carbons (Fsp3) is 0.176. The molecule has 0 spiro atoms. The van der Waals surface area contributed by atoms with Crippen LogP contribution in [0.15, 0.2) is 47.4 Å². The third-order valence-corrected chi connectivity index (χ3v) is 5.34. The number of hydrogen-bond acceptors (Lipinski definition) is 5. The number of carbonyl (C=O) groups is 2. The molecule has 7 nitrogen and oxygen atoms in total. The van der Waals surface area contributed by atoms with Crippen LogP contribution in [0.2, 0.25) is 5.02 Å². The molecule has 0 unspecified atom stereocenters. The Bertz CT molecular complexity index is 944. The number of rotatable bonds is 6. The number of aryl methyl sites for hydroxylation is 1. The predicted octanol–water partition coefficient (Wildman–Crippen LogP) is 2.35. The molecule has 0 atom stereocenters. The lowest BCUT2D eigenvalue weighted by atomic mass is 10.2. The second-order valence-electron chi connectivity index (χ2n) is 5.29. The first-order chi connectivity index (χ1) is 12.2. The van der Waals surface area contributed by atoms with Crippen molar-refractivity contribution < 1.29 is 22.7 Å².